The number of hydrogen-bond acceptors (Lipinski definition) is 18. The molecule has 582 valence electrons. The Kier molecular flexibility index (Phi) is 55.9. The van der Waals surface area contributed by atoms with Crippen LogP contribution in [0.1, 0.15) is 271 Å². The summed E-state index contributed by atoms with van der Waals surface area (Å²) < 4.78 is 34.4. The zero-order chi connectivity index (χ0) is 73.2. The van der Waals surface area contributed by atoms with E-state index >= 15 is 0 Å². The fourth-order valence-electron chi connectivity index (χ4n) is 12.7. The van der Waals surface area contributed by atoms with Crippen molar-refractivity contribution in [2.24, 2.45) is 0 Å². The lowest BCUT2D eigenvalue weighted by Gasteiger charge is -2.48. The van der Waals surface area contributed by atoms with E-state index in [1.165, 1.54) is 128 Å². The second kappa shape index (κ2) is 61.6. The van der Waals surface area contributed by atoms with Gasteiger partial charge in [0.05, 0.1) is 38.6 Å². The van der Waals surface area contributed by atoms with Gasteiger partial charge in [0, 0.05) is 6.42 Å². The van der Waals surface area contributed by atoms with E-state index in [1.54, 1.807) is 6.08 Å². The molecule has 0 radical (unpaired) electrons. The van der Waals surface area contributed by atoms with Gasteiger partial charge in [0.15, 0.2) is 18.9 Å². The van der Waals surface area contributed by atoms with E-state index in [9.17, 15) is 61.0 Å². The Morgan fingerprint density at radius 3 is 1.11 bits per heavy atom. The Balaban J connectivity index is 1.41. The van der Waals surface area contributed by atoms with Crippen LogP contribution in [0.15, 0.2) is 109 Å². The van der Waals surface area contributed by atoms with Crippen LogP contribution in [0, 0.1) is 0 Å². The highest BCUT2D eigenvalue weighted by Gasteiger charge is 2.53. The lowest BCUT2D eigenvalue weighted by atomic mass is 9.96. The molecule has 0 bridgehead atoms. The maximum absolute atomic E-state index is 13.5. The average Bonchev–Trinajstić information content (AvgIpc) is 0.782. The lowest BCUT2D eigenvalue weighted by Crippen LogP contribution is -2.66. The first kappa shape index (κ1) is 91.7. The van der Waals surface area contributed by atoms with Gasteiger partial charge in [0.25, 0.3) is 0 Å². The standard InChI is InChI=1S/C82H141NO18/c1-3-5-7-9-11-13-15-17-19-21-23-25-27-29-31-32-34-35-37-39-41-43-45-47-49-51-53-55-57-59-66(87)65(83-70(88)60-58-56-54-52-50-48-46-44-42-40-38-36-33-30-28-26-24-22-20-18-16-14-12-10-8-6-4-2)64-96-80-76(94)73(91)78(68(62-85)98-80)101-82-77(95)74(92)79(69(63-86)99-82)100-81-75(93)72(90)71(89)67(61-84)97-81/h6,8,12,14,18,20,24,26,30,33,38,40-41,43,49,51,57,59,65-69,71-82,84-87,89-95H,3-5,7,9-11,13,15-17,19,21-23,25,27-29,31-32,34-37,39,42,44-48,50,52-56,58,60-64H2,1-2H3,(H,83,88)/b8-6-,14-12-,20-18-,26-24-,33-30-,40-38-,43-41+,51-49+,59-57+. The van der Waals surface area contributed by atoms with Crippen molar-refractivity contribution in [3.63, 3.8) is 0 Å². The number of unbranched alkanes of at least 4 members (excludes halogenated alkanes) is 29. The van der Waals surface area contributed by atoms with E-state index in [1.807, 2.05) is 6.08 Å². The highest BCUT2D eigenvalue weighted by Crippen LogP contribution is 2.33. The summed E-state index contributed by atoms with van der Waals surface area (Å²) in [5.41, 5.74) is 0. The van der Waals surface area contributed by atoms with Crippen molar-refractivity contribution in [1.29, 1.82) is 0 Å². The fourth-order valence-corrected chi connectivity index (χ4v) is 12.7. The molecule has 3 heterocycles. The first-order chi connectivity index (χ1) is 49.3. The summed E-state index contributed by atoms with van der Waals surface area (Å²) in [5, 5.41) is 121. The van der Waals surface area contributed by atoms with Gasteiger partial charge in [0.2, 0.25) is 5.91 Å². The number of aliphatic hydroxyl groups is 11. The molecule has 101 heavy (non-hydrogen) atoms. The van der Waals surface area contributed by atoms with E-state index in [0.717, 1.165) is 109 Å². The van der Waals surface area contributed by atoms with Crippen LogP contribution < -0.4 is 5.32 Å². The molecule has 3 rings (SSSR count). The number of amides is 1. The third kappa shape index (κ3) is 41.8. The third-order valence-corrected chi connectivity index (χ3v) is 19.0. The number of nitrogens with one attached hydrogen (secondary N) is 1. The van der Waals surface area contributed by atoms with E-state index in [2.05, 4.69) is 116 Å². The first-order valence-corrected chi connectivity index (χ1v) is 39.6. The highest BCUT2D eigenvalue weighted by atomic mass is 16.8. The normalized spacial score (nSPS) is 26.9. The minimum absolute atomic E-state index is 0.215. The molecule has 0 saturated carbocycles. The van der Waals surface area contributed by atoms with Crippen molar-refractivity contribution < 1.29 is 89.4 Å². The minimum Gasteiger partial charge on any atom is -0.394 e. The van der Waals surface area contributed by atoms with Crippen LogP contribution in [0.2, 0.25) is 0 Å². The van der Waals surface area contributed by atoms with Crippen molar-refractivity contribution in [1.82, 2.24) is 5.32 Å². The van der Waals surface area contributed by atoms with Gasteiger partial charge in [-0.25, -0.2) is 0 Å². The summed E-state index contributed by atoms with van der Waals surface area (Å²) in [6.45, 7) is 1.60. The van der Waals surface area contributed by atoms with Gasteiger partial charge in [-0.1, -0.05) is 277 Å². The molecule has 0 aliphatic carbocycles. The number of hydrogen-bond donors (Lipinski definition) is 12. The van der Waals surface area contributed by atoms with Crippen LogP contribution >= 0.6 is 0 Å². The van der Waals surface area contributed by atoms with Crippen LogP contribution in [0.25, 0.3) is 0 Å². The second-order valence-corrected chi connectivity index (χ2v) is 27.8. The number of carbonyl (C=O) groups excluding carboxylic acids is 1. The molecule has 3 fully saturated rings. The quantitative estimate of drug-likeness (QED) is 0.0199. The topological polar surface area (TPSA) is 307 Å². The zero-order valence-corrected chi connectivity index (χ0v) is 62.1. The van der Waals surface area contributed by atoms with Crippen molar-refractivity contribution in [2.45, 2.75) is 375 Å². The summed E-state index contributed by atoms with van der Waals surface area (Å²) in [6, 6.07) is -1.01. The van der Waals surface area contributed by atoms with Crippen molar-refractivity contribution in [3.05, 3.63) is 109 Å². The molecule has 3 saturated heterocycles. The lowest BCUT2D eigenvalue weighted by molar-refractivity contribution is -0.379. The summed E-state index contributed by atoms with van der Waals surface area (Å²) in [5.74, 6) is -0.301. The van der Waals surface area contributed by atoms with Gasteiger partial charge >= 0.3 is 0 Å². The number of allylic oxidation sites excluding steroid dienone is 17. The molecule has 19 nitrogen and oxygen atoms in total. The van der Waals surface area contributed by atoms with Crippen LogP contribution in [-0.4, -0.2) is 193 Å². The summed E-state index contributed by atoms with van der Waals surface area (Å²) in [4.78, 5) is 13.5. The SMILES string of the molecule is CC/C=C\C/C=C\C/C=C\C/C=C\C/C=C\C/C=C\CCCCCCCCCCC(=O)NC(COC1OC(CO)C(OC2OC(CO)C(OC3OC(CO)C(O)C(O)C3O)C(O)C2O)C(O)C1O)C(O)/C=C/CC/C=C/CC/C=C/CCCCCCCCCCCCCCCCCCCCC. The van der Waals surface area contributed by atoms with Crippen LogP contribution in [0.3, 0.4) is 0 Å². The largest absolute Gasteiger partial charge is 0.394 e. The van der Waals surface area contributed by atoms with Gasteiger partial charge in [0.1, 0.15) is 73.2 Å². The van der Waals surface area contributed by atoms with Gasteiger partial charge in [-0.05, 0) is 96.3 Å². The number of rotatable bonds is 61. The Morgan fingerprint density at radius 2 is 0.693 bits per heavy atom. The average molecular weight is 1430 g/mol. The Hall–Kier alpha value is -3.55. The maximum atomic E-state index is 13.5. The molecule has 0 aromatic rings. The van der Waals surface area contributed by atoms with Gasteiger partial charge in [-0.15, -0.1) is 0 Å². The molecule has 12 N–H and O–H groups in total. The number of aliphatic hydroxyl groups excluding tert-OH is 11. The predicted octanol–water partition coefficient (Wildman–Crippen LogP) is 12.9. The van der Waals surface area contributed by atoms with E-state index in [4.69, 9.17) is 28.4 Å². The number of carbonyl (C=O) groups is 1. The molecule has 0 spiro atoms. The molecule has 3 aliphatic heterocycles. The summed E-state index contributed by atoms with van der Waals surface area (Å²) >= 11 is 0. The number of ether oxygens (including phenoxy) is 6. The van der Waals surface area contributed by atoms with Crippen molar-refractivity contribution >= 4 is 5.91 Å². The molecular formula is C82H141NO18. The monoisotopic (exact) mass is 1430 g/mol. The molecule has 0 aromatic heterocycles. The molecule has 17 atom stereocenters. The molecule has 17 unspecified atom stereocenters. The van der Waals surface area contributed by atoms with Crippen LogP contribution in [0.5, 0.6) is 0 Å². The fraction of sp³-hybridized carbons (Fsp3) is 0.768. The Bertz CT molecular complexity index is 2250. The highest BCUT2D eigenvalue weighted by molar-refractivity contribution is 5.76. The molecule has 3 aliphatic rings. The molecule has 1 amide bonds. The van der Waals surface area contributed by atoms with Crippen LogP contribution in [0.4, 0.5) is 0 Å². The third-order valence-electron chi connectivity index (χ3n) is 19.0. The Morgan fingerprint density at radius 1 is 0.366 bits per heavy atom. The second-order valence-electron chi connectivity index (χ2n) is 27.8. The molecular weight excluding hydrogens is 1290 g/mol. The summed E-state index contributed by atoms with van der Waals surface area (Å²) in [6.07, 6.45) is 57.8. The Labute approximate surface area is 608 Å². The van der Waals surface area contributed by atoms with Gasteiger partial charge in [-0.2, -0.15) is 0 Å². The molecule has 0 aromatic carbocycles. The zero-order valence-electron chi connectivity index (χ0n) is 62.1. The van der Waals surface area contributed by atoms with Crippen LogP contribution in [-0.2, 0) is 33.2 Å². The minimum atomic E-state index is -1.99. The smallest absolute Gasteiger partial charge is 0.220 e. The van der Waals surface area contributed by atoms with Gasteiger partial charge < -0.3 is 89.9 Å². The van der Waals surface area contributed by atoms with E-state index in [-0.39, 0.29) is 18.9 Å². The van der Waals surface area contributed by atoms with Crippen molar-refractivity contribution in [2.75, 3.05) is 26.4 Å². The first-order valence-electron chi connectivity index (χ1n) is 39.6. The van der Waals surface area contributed by atoms with E-state index < -0.39 is 124 Å². The summed E-state index contributed by atoms with van der Waals surface area (Å²) in [7, 11) is 0. The van der Waals surface area contributed by atoms with E-state index in [0.29, 0.717) is 12.8 Å². The van der Waals surface area contributed by atoms with Gasteiger partial charge in [-0.3, -0.25) is 4.79 Å². The maximum Gasteiger partial charge on any atom is 0.220 e. The predicted molar refractivity (Wildman–Crippen MR) is 401 cm³/mol. The van der Waals surface area contributed by atoms with Crippen molar-refractivity contribution in [3.8, 4) is 0 Å². The molecule has 19 heteroatoms.